The van der Waals surface area contributed by atoms with Crippen LogP contribution in [0.1, 0.15) is 52.7 Å². The highest BCUT2D eigenvalue weighted by atomic mass is 31.2. The SMILES string of the molecule is COC(=O)[C@@H](N)Cc1ccc(C(F)(F)P(=O)(OOC(C)(C)C)OOC(C)(C)C)cc1. The van der Waals surface area contributed by atoms with Crippen LogP contribution in [0.3, 0.4) is 0 Å². The van der Waals surface area contributed by atoms with Gasteiger partial charge >= 0.3 is 19.2 Å². The van der Waals surface area contributed by atoms with Crippen LogP contribution in [0, 0.1) is 0 Å². The molecule has 0 radical (unpaired) electrons. The minimum absolute atomic E-state index is 0.0729. The molecule has 0 aliphatic carbocycles. The number of carbonyl (C=O) groups is 1. The Bertz CT molecular complexity index is 736. The zero-order valence-corrected chi connectivity index (χ0v) is 19.1. The maximum atomic E-state index is 15.2. The van der Waals surface area contributed by atoms with Crippen LogP contribution < -0.4 is 5.73 Å². The Hall–Kier alpha value is -1.42. The molecular weight excluding hydrogens is 423 g/mol. The quantitative estimate of drug-likeness (QED) is 0.253. The molecule has 1 rings (SSSR count). The van der Waals surface area contributed by atoms with Gasteiger partial charge in [-0.25, -0.2) is 14.3 Å². The van der Waals surface area contributed by atoms with E-state index in [0.29, 0.717) is 5.56 Å². The topological polar surface area (TPSA) is 106 Å². The number of nitrogens with two attached hydrogens (primary N) is 1. The third kappa shape index (κ3) is 7.68. The summed E-state index contributed by atoms with van der Waals surface area (Å²) in [5.74, 6) is -0.630. The second-order valence-corrected chi connectivity index (χ2v) is 10.5. The Morgan fingerprint density at radius 2 is 1.43 bits per heavy atom. The maximum Gasteiger partial charge on any atom is 0.457 e. The van der Waals surface area contributed by atoms with Crippen LogP contribution in [0.5, 0.6) is 0 Å². The Kier molecular flexibility index (Phi) is 8.70. The van der Waals surface area contributed by atoms with Crippen molar-refractivity contribution in [2.45, 2.75) is 70.9 Å². The molecule has 1 atom stereocenters. The second-order valence-electron chi connectivity index (χ2n) is 8.61. The molecule has 0 aromatic heterocycles. The zero-order valence-electron chi connectivity index (χ0n) is 18.2. The number of benzene rings is 1. The normalized spacial score (nSPS) is 14.5. The van der Waals surface area contributed by atoms with Gasteiger partial charge in [-0.2, -0.15) is 8.78 Å². The highest BCUT2D eigenvalue weighted by molar-refractivity contribution is 7.54. The van der Waals surface area contributed by atoms with E-state index in [2.05, 4.69) is 14.1 Å². The summed E-state index contributed by atoms with van der Waals surface area (Å²) in [5, 5.41) is 0. The molecule has 0 amide bonds. The van der Waals surface area contributed by atoms with E-state index in [4.69, 9.17) is 15.5 Å². The van der Waals surface area contributed by atoms with Gasteiger partial charge < -0.3 is 10.5 Å². The van der Waals surface area contributed by atoms with Crippen LogP contribution in [-0.2, 0) is 45.3 Å². The van der Waals surface area contributed by atoms with Crippen molar-refractivity contribution in [3.05, 3.63) is 35.4 Å². The monoisotopic (exact) mass is 453 g/mol. The summed E-state index contributed by atoms with van der Waals surface area (Å²) in [6.45, 7) is 9.16. The largest absolute Gasteiger partial charge is 0.468 e. The average Bonchev–Trinajstić information content (AvgIpc) is 2.63. The molecule has 0 aliphatic rings. The molecular formula is C19H30F2NO7P. The molecule has 172 valence electrons. The molecule has 0 spiro atoms. The Morgan fingerprint density at radius 3 is 1.80 bits per heavy atom. The van der Waals surface area contributed by atoms with Crippen LogP contribution in [0.25, 0.3) is 0 Å². The van der Waals surface area contributed by atoms with Crippen LogP contribution in [0.2, 0.25) is 0 Å². The van der Waals surface area contributed by atoms with Crippen LogP contribution in [-0.4, -0.2) is 30.3 Å². The van der Waals surface area contributed by atoms with Gasteiger partial charge in [0.2, 0.25) is 0 Å². The molecule has 1 aromatic rings. The van der Waals surface area contributed by atoms with Gasteiger partial charge in [0.05, 0.1) is 18.3 Å². The fourth-order valence-electron chi connectivity index (χ4n) is 1.92. The van der Waals surface area contributed by atoms with Crippen molar-refractivity contribution in [2.75, 3.05) is 7.11 Å². The van der Waals surface area contributed by atoms with Crippen LogP contribution >= 0.6 is 7.60 Å². The first-order chi connectivity index (χ1) is 13.5. The van der Waals surface area contributed by atoms with E-state index in [-0.39, 0.29) is 6.42 Å². The van der Waals surface area contributed by atoms with Crippen molar-refractivity contribution in [2.24, 2.45) is 5.73 Å². The minimum Gasteiger partial charge on any atom is -0.468 e. The average molecular weight is 453 g/mol. The summed E-state index contributed by atoms with van der Waals surface area (Å²) in [6.07, 6.45) is 0.0729. The number of esters is 1. The molecule has 0 fully saturated rings. The zero-order chi connectivity index (χ0) is 23.4. The minimum atomic E-state index is -5.28. The third-order valence-corrected chi connectivity index (χ3v) is 4.86. The standard InChI is InChI=1S/C19H30F2NO7P/c1-17(2,3)26-28-30(24,29-27-18(4,5)6)19(20,21)14-10-8-13(9-11-14)12-15(22)16(23)25-7/h8-11,15H,12,22H2,1-7H3/t15-/m0/s1. The number of hydrogen-bond acceptors (Lipinski definition) is 8. The Labute approximate surface area is 175 Å². The summed E-state index contributed by atoms with van der Waals surface area (Å²) in [5.41, 5.74) is -0.661. The molecule has 0 heterocycles. The van der Waals surface area contributed by atoms with Gasteiger partial charge in [-0.1, -0.05) is 24.3 Å². The summed E-state index contributed by atoms with van der Waals surface area (Å²) < 4.78 is 57.1. The van der Waals surface area contributed by atoms with E-state index >= 15 is 8.78 Å². The summed E-state index contributed by atoms with van der Waals surface area (Å²) >= 11 is 0. The van der Waals surface area contributed by atoms with Crippen molar-refractivity contribution in [3.8, 4) is 0 Å². The molecule has 30 heavy (non-hydrogen) atoms. The van der Waals surface area contributed by atoms with Gasteiger partial charge in [0.25, 0.3) is 0 Å². The Balaban J connectivity index is 3.15. The molecule has 2 N–H and O–H groups in total. The van der Waals surface area contributed by atoms with E-state index in [1.54, 1.807) is 0 Å². The van der Waals surface area contributed by atoms with E-state index in [1.807, 2.05) is 0 Å². The predicted octanol–water partition coefficient (Wildman–Crippen LogP) is 4.47. The van der Waals surface area contributed by atoms with Crippen LogP contribution in [0.15, 0.2) is 24.3 Å². The van der Waals surface area contributed by atoms with Gasteiger partial charge in [0, 0.05) is 5.56 Å². The van der Waals surface area contributed by atoms with Crippen LogP contribution in [0.4, 0.5) is 8.78 Å². The number of methoxy groups -OCH3 is 1. The van der Waals surface area contributed by atoms with E-state index in [1.165, 1.54) is 60.8 Å². The predicted molar refractivity (Wildman–Crippen MR) is 105 cm³/mol. The first kappa shape index (κ1) is 26.6. The van der Waals surface area contributed by atoms with Crippen molar-refractivity contribution in [3.63, 3.8) is 0 Å². The molecule has 11 heteroatoms. The molecule has 0 unspecified atom stereocenters. The lowest BCUT2D eigenvalue weighted by molar-refractivity contribution is -0.334. The van der Waals surface area contributed by atoms with Gasteiger partial charge in [-0.3, -0.25) is 4.79 Å². The van der Waals surface area contributed by atoms with Crippen molar-refractivity contribution in [1.29, 1.82) is 0 Å². The van der Waals surface area contributed by atoms with E-state index in [9.17, 15) is 9.36 Å². The molecule has 0 saturated carbocycles. The maximum absolute atomic E-state index is 15.2. The number of carbonyl (C=O) groups excluding carboxylic acids is 1. The highest BCUT2D eigenvalue weighted by Gasteiger charge is 2.58. The smallest absolute Gasteiger partial charge is 0.457 e. The number of rotatable bonds is 9. The molecule has 8 nitrogen and oxygen atoms in total. The lowest BCUT2D eigenvalue weighted by atomic mass is 10.0. The van der Waals surface area contributed by atoms with E-state index in [0.717, 1.165) is 12.1 Å². The fourth-order valence-corrected chi connectivity index (χ4v) is 3.24. The lowest BCUT2D eigenvalue weighted by Crippen LogP contribution is -2.33. The second kappa shape index (κ2) is 9.80. The third-order valence-electron chi connectivity index (χ3n) is 3.38. The Morgan fingerprint density at radius 1 is 1.00 bits per heavy atom. The van der Waals surface area contributed by atoms with Crippen molar-refractivity contribution in [1.82, 2.24) is 0 Å². The number of alkyl halides is 2. The van der Waals surface area contributed by atoms with Gasteiger partial charge in [0.15, 0.2) is 0 Å². The number of ether oxygens (including phenoxy) is 1. The molecule has 1 aromatic carbocycles. The summed E-state index contributed by atoms with van der Waals surface area (Å²) in [4.78, 5) is 21.1. The summed E-state index contributed by atoms with van der Waals surface area (Å²) in [6, 6.07) is 3.77. The van der Waals surface area contributed by atoms with E-state index < -0.39 is 42.0 Å². The first-order valence-corrected chi connectivity index (χ1v) is 10.7. The fraction of sp³-hybridized carbons (Fsp3) is 0.632. The molecule has 0 aliphatic heterocycles. The van der Waals surface area contributed by atoms with Gasteiger partial charge in [-0.15, -0.1) is 9.35 Å². The van der Waals surface area contributed by atoms with Crippen molar-refractivity contribution >= 4 is 13.6 Å². The molecule has 0 saturated heterocycles. The number of hydrogen-bond donors (Lipinski definition) is 1. The number of halogens is 2. The lowest BCUT2D eigenvalue weighted by Gasteiger charge is -2.29. The molecule has 0 bridgehead atoms. The highest BCUT2D eigenvalue weighted by Crippen LogP contribution is 2.67. The van der Waals surface area contributed by atoms with Gasteiger partial charge in [-0.05, 0) is 53.5 Å². The summed E-state index contributed by atoms with van der Waals surface area (Å²) in [7, 11) is -4.08. The first-order valence-electron chi connectivity index (χ1n) is 9.16. The van der Waals surface area contributed by atoms with Gasteiger partial charge in [0.1, 0.15) is 6.04 Å². The van der Waals surface area contributed by atoms with Crippen molar-refractivity contribution < 1.29 is 42.0 Å².